The van der Waals surface area contributed by atoms with Crippen molar-refractivity contribution < 1.29 is 14.3 Å². The number of nitrogens with zero attached hydrogens (tertiary/aromatic N) is 4. The van der Waals surface area contributed by atoms with Gasteiger partial charge in [-0.15, -0.1) is 5.10 Å². The molecule has 8 heteroatoms. The summed E-state index contributed by atoms with van der Waals surface area (Å²) >= 11 is 1.44. The number of thioether (sulfide) groups is 1. The van der Waals surface area contributed by atoms with Crippen LogP contribution in [0, 0.1) is 0 Å². The molecule has 2 heterocycles. The van der Waals surface area contributed by atoms with Crippen LogP contribution in [0.3, 0.4) is 0 Å². The minimum atomic E-state index is -1.06. The number of rotatable bonds is 5. The third kappa shape index (κ3) is 2.23. The van der Waals surface area contributed by atoms with Gasteiger partial charge in [-0.25, -0.2) is 9.48 Å². The molecule has 2 aromatic heterocycles. The first-order valence-electron chi connectivity index (χ1n) is 5.46. The van der Waals surface area contributed by atoms with Gasteiger partial charge in [0.05, 0.1) is 11.8 Å². The third-order valence-electron chi connectivity index (χ3n) is 2.57. The predicted molar refractivity (Wildman–Crippen MR) is 61.3 cm³/mol. The molecule has 0 aromatic carbocycles. The fraction of sp³-hybridized carbons (Fsp3) is 0.400. The van der Waals surface area contributed by atoms with Gasteiger partial charge in [0, 0.05) is 0 Å². The van der Waals surface area contributed by atoms with Crippen LogP contribution < -0.4 is 0 Å². The summed E-state index contributed by atoms with van der Waals surface area (Å²) in [5, 5.41) is 21.0. The second-order valence-corrected chi connectivity index (χ2v) is 4.94. The Hall–Kier alpha value is -1.83. The molecule has 94 valence electrons. The van der Waals surface area contributed by atoms with Crippen molar-refractivity contribution >= 4 is 17.7 Å². The lowest BCUT2D eigenvalue weighted by molar-refractivity contribution is 0.0661. The molecule has 0 aliphatic heterocycles. The number of furan rings is 1. The van der Waals surface area contributed by atoms with Crippen molar-refractivity contribution in [1.82, 2.24) is 20.2 Å². The summed E-state index contributed by atoms with van der Waals surface area (Å²) < 4.78 is 6.97. The highest BCUT2D eigenvalue weighted by atomic mass is 32.2. The fourth-order valence-corrected chi connectivity index (χ4v) is 2.37. The van der Waals surface area contributed by atoms with Gasteiger partial charge in [0.2, 0.25) is 10.9 Å². The van der Waals surface area contributed by atoms with Gasteiger partial charge in [-0.3, -0.25) is 0 Å². The first kappa shape index (κ1) is 11.3. The fourth-order valence-electron chi connectivity index (χ4n) is 1.53. The predicted octanol–water partition coefficient (Wildman–Crippen LogP) is 1.59. The number of hydrogen-bond donors (Lipinski definition) is 1. The van der Waals surface area contributed by atoms with E-state index in [2.05, 4.69) is 15.5 Å². The molecule has 18 heavy (non-hydrogen) atoms. The first-order valence-corrected chi connectivity index (χ1v) is 6.45. The Balaban J connectivity index is 1.66. The minimum absolute atomic E-state index is 0.0487. The van der Waals surface area contributed by atoms with E-state index < -0.39 is 5.97 Å². The van der Waals surface area contributed by atoms with E-state index in [4.69, 9.17) is 9.52 Å². The maximum Gasteiger partial charge on any atom is 0.371 e. The Morgan fingerprint density at radius 1 is 1.56 bits per heavy atom. The van der Waals surface area contributed by atoms with E-state index in [1.807, 2.05) is 4.68 Å². The van der Waals surface area contributed by atoms with E-state index in [-0.39, 0.29) is 5.76 Å². The summed E-state index contributed by atoms with van der Waals surface area (Å²) in [4.78, 5) is 10.7. The summed E-state index contributed by atoms with van der Waals surface area (Å²) in [5.74, 6) is 0.00426. The molecule has 0 saturated heterocycles. The van der Waals surface area contributed by atoms with Crippen LogP contribution in [0.25, 0.3) is 0 Å². The van der Waals surface area contributed by atoms with E-state index >= 15 is 0 Å². The number of aromatic nitrogens is 4. The van der Waals surface area contributed by atoms with Gasteiger partial charge < -0.3 is 9.52 Å². The van der Waals surface area contributed by atoms with Crippen LogP contribution in [0.1, 0.15) is 35.2 Å². The van der Waals surface area contributed by atoms with Crippen molar-refractivity contribution in [1.29, 1.82) is 0 Å². The number of carboxylic acid groups (broad SMARTS) is 1. The van der Waals surface area contributed by atoms with Gasteiger partial charge >= 0.3 is 5.97 Å². The monoisotopic (exact) mass is 266 g/mol. The Kier molecular flexibility index (Phi) is 2.78. The molecule has 2 aromatic rings. The van der Waals surface area contributed by atoms with Gasteiger partial charge in [0.1, 0.15) is 5.76 Å². The third-order valence-corrected chi connectivity index (χ3v) is 3.53. The van der Waals surface area contributed by atoms with Crippen molar-refractivity contribution in [2.24, 2.45) is 0 Å². The van der Waals surface area contributed by atoms with E-state index in [9.17, 15) is 4.79 Å². The van der Waals surface area contributed by atoms with Crippen LogP contribution in [0.15, 0.2) is 21.7 Å². The Bertz CT molecular complexity index is 575. The largest absolute Gasteiger partial charge is 0.475 e. The minimum Gasteiger partial charge on any atom is -0.475 e. The van der Waals surface area contributed by atoms with Crippen molar-refractivity contribution in [3.8, 4) is 0 Å². The van der Waals surface area contributed by atoms with Crippen molar-refractivity contribution in [3.05, 3.63) is 23.7 Å². The van der Waals surface area contributed by atoms with Gasteiger partial charge in [-0.1, -0.05) is 11.8 Å². The maximum absolute atomic E-state index is 10.7. The smallest absolute Gasteiger partial charge is 0.371 e. The van der Waals surface area contributed by atoms with Gasteiger partial charge in [-0.2, -0.15) is 0 Å². The normalized spacial score (nSPS) is 14.9. The first-order chi connectivity index (χ1) is 8.74. The molecule has 0 radical (unpaired) electrons. The summed E-state index contributed by atoms with van der Waals surface area (Å²) in [6.07, 6.45) is 2.23. The van der Waals surface area contributed by atoms with E-state index in [1.54, 1.807) is 6.07 Å². The van der Waals surface area contributed by atoms with Crippen LogP contribution in [0.4, 0.5) is 0 Å². The molecule has 1 aliphatic carbocycles. The topological polar surface area (TPSA) is 94.0 Å². The highest BCUT2D eigenvalue weighted by Crippen LogP contribution is 2.36. The number of carbonyl (C=O) groups is 1. The molecular formula is C10H10N4O3S. The molecule has 0 atom stereocenters. The SMILES string of the molecule is O=C(O)c1ccc(CSc2nnnn2C2CC2)o1. The number of hydrogen-bond acceptors (Lipinski definition) is 6. The van der Waals surface area contributed by atoms with E-state index in [0.717, 1.165) is 18.0 Å². The number of carboxylic acids is 1. The Labute approximate surface area is 106 Å². The molecule has 0 spiro atoms. The van der Waals surface area contributed by atoms with Crippen LogP contribution >= 0.6 is 11.8 Å². The highest BCUT2D eigenvalue weighted by molar-refractivity contribution is 7.98. The molecule has 0 amide bonds. The highest BCUT2D eigenvalue weighted by Gasteiger charge is 2.27. The maximum atomic E-state index is 10.7. The second-order valence-electron chi connectivity index (χ2n) is 4.00. The van der Waals surface area contributed by atoms with Crippen LogP contribution in [-0.2, 0) is 5.75 Å². The Morgan fingerprint density at radius 3 is 3.06 bits per heavy atom. The summed E-state index contributed by atoms with van der Waals surface area (Å²) in [6, 6.07) is 3.53. The molecule has 0 unspecified atom stereocenters. The lowest BCUT2D eigenvalue weighted by atomic mass is 10.4. The standard InChI is InChI=1S/C10H10N4O3S/c15-9(16)8-4-3-7(17-8)5-18-10-11-12-13-14(10)6-1-2-6/h3-4,6H,1-2,5H2,(H,15,16). The van der Waals surface area contributed by atoms with E-state index in [1.165, 1.54) is 17.8 Å². The summed E-state index contributed by atoms with van der Waals surface area (Å²) in [7, 11) is 0. The average molecular weight is 266 g/mol. The molecule has 1 saturated carbocycles. The Morgan fingerprint density at radius 2 is 2.39 bits per heavy atom. The van der Waals surface area contributed by atoms with Crippen molar-refractivity contribution in [2.75, 3.05) is 0 Å². The van der Waals surface area contributed by atoms with Gasteiger partial charge in [0.25, 0.3) is 0 Å². The van der Waals surface area contributed by atoms with Crippen LogP contribution in [0.5, 0.6) is 0 Å². The second kappa shape index (κ2) is 4.45. The average Bonchev–Trinajstić information content (AvgIpc) is 2.92. The molecule has 0 bridgehead atoms. The van der Waals surface area contributed by atoms with Crippen LogP contribution in [0.2, 0.25) is 0 Å². The van der Waals surface area contributed by atoms with Crippen molar-refractivity contribution in [3.63, 3.8) is 0 Å². The number of tetrazole rings is 1. The zero-order valence-electron chi connectivity index (χ0n) is 9.31. The van der Waals surface area contributed by atoms with Gasteiger partial charge in [0.15, 0.2) is 0 Å². The molecular weight excluding hydrogens is 256 g/mol. The molecule has 1 N–H and O–H groups in total. The van der Waals surface area contributed by atoms with E-state index in [0.29, 0.717) is 17.6 Å². The summed E-state index contributed by atoms with van der Waals surface area (Å²) in [6.45, 7) is 0. The number of aromatic carboxylic acids is 1. The lowest BCUT2D eigenvalue weighted by Crippen LogP contribution is -1.98. The van der Waals surface area contributed by atoms with Gasteiger partial charge in [-0.05, 0) is 35.4 Å². The zero-order valence-corrected chi connectivity index (χ0v) is 10.1. The zero-order chi connectivity index (χ0) is 12.5. The molecule has 1 aliphatic rings. The van der Waals surface area contributed by atoms with Crippen molar-refractivity contribution in [2.45, 2.75) is 29.8 Å². The summed E-state index contributed by atoms with van der Waals surface area (Å²) in [5.41, 5.74) is 0. The van der Waals surface area contributed by atoms with Crippen LogP contribution in [-0.4, -0.2) is 31.3 Å². The molecule has 7 nitrogen and oxygen atoms in total. The quantitative estimate of drug-likeness (QED) is 0.821. The molecule has 1 fully saturated rings. The molecule has 3 rings (SSSR count). The lowest BCUT2D eigenvalue weighted by Gasteiger charge is -2.00.